The van der Waals surface area contributed by atoms with Crippen LogP contribution in [0.4, 0.5) is 0 Å². The zero-order valence-corrected chi connectivity index (χ0v) is 14.3. The molecular formula is C19H15ClN4O2. The van der Waals surface area contributed by atoms with E-state index in [1.54, 1.807) is 30.3 Å². The topological polar surface area (TPSA) is 93.8 Å². The molecule has 130 valence electrons. The van der Waals surface area contributed by atoms with Crippen LogP contribution in [-0.4, -0.2) is 26.2 Å². The molecule has 4 rings (SSSR count). The predicted octanol–water partition coefficient (Wildman–Crippen LogP) is 3.85. The van der Waals surface area contributed by atoms with Crippen molar-refractivity contribution in [3.63, 3.8) is 0 Å². The van der Waals surface area contributed by atoms with Crippen LogP contribution in [0.5, 0.6) is 5.75 Å². The lowest BCUT2D eigenvalue weighted by atomic mass is 10.1. The zero-order valence-electron chi connectivity index (χ0n) is 13.6. The summed E-state index contributed by atoms with van der Waals surface area (Å²) in [6.45, 7) is 0.360. The third-order valence-electron chi connectivity index (χ3n) is 4.07. The fraction of sp³-hybridized carbons (Fsp3) is 0.0526. The first kappa shape index (κ1) is 16.2. The molecule has 0 unspecified atom stereocenters. The number of aromatic amines is 2. The van der Waals surface area contributed by atoms with Crippen LogP contribution < -0.4 is 5.32 Å². The number of aromatic hydroxyl groups is 1. The number of nitrogens with one attached hydrogen (secondary N) is 3. The molecule has 2 heterocycles. The average Bonchev–Trinajstić information content (AvgIpc) is 3.27. The van der Waals surface area contributed by atoms with Crippen molar-refractivity contribution in [3.05, 3.63) is 71.0 Å². The average molecular weight is 367 g/mol. The summed E-state index contributed by atoms with van der Waals surface area (Å²) in [5.41, 5.74) is 3.63. The van der Waals surface area contributed by atoms with Crippen molar-refractivity contribution in [2.24, 2.45) is 0 Å². The highest BCUT2D eigenvalue weighted by Crippen LogP contribution is 2.21. The van der Waals surface area contributed by atoms with Crippen LogP contribution in [-0.2, 0) is 6.54 Å². The number of aromatic nitrogens is 3. The first-order valence-electron chi connectivity index (χ1n) is 7.99. The van der Waals surface area contributed by atoms with Gasteiger partial charge in [0.25, 0.3) is 5.91 Å². The van der Waals surface area contributed by atoms with E-state index in [-0.39, 0.29) is 11.7 Å². The number of carbonyl (C=O) groups excluding carboxylic acids is 1. The van der Waals surface area contributed by atoms with Crippen LogP contribution in [0.1, 0.15) is 16.2 Å². The molecule has 0 bridgehead atoms. The van der Waals surface area contributed by atoms with Gasteiger partial charge in [0, 0.05) is 21.8 Å². The van der Waals surface area contributed by atoms with Gasteiger partial charge in [-0.25, -0.2) is 0 Å². The largest absolute Gasteiger partial charge is 0.508 e. The molecule has 2 aromatic heterocycles. The summed E-state index contributed by atoms with van der Waals surface area (Å²) in [4.78, 5) is 15.6. The number of hydrogen-bond acceptors (Lipinski definition) is 3. The molecule has 6 nitrogen and oxygen atoms in total. The Morgan fingerprint density at radius 1 is 1.12 bits per heavy atom. The zero-order chi connectivity index (χ0) is 18.1. The maximum atomic E-state index is 12.3. The molecule has 0 saturated heterocycles. The van der Waals surface area contributed by atoms with Gasteiger partial charge in [0.05, 0.1) is 12.2 Å². The van der Waals surface area contributed by atoms with Gasteiger partial charge in [-0.15, -0.1) is 0 Å². The maximum Gasteiger partial charge on any atom is 0.269 e. The molecule has 0 spiro atoms. The number of amides is 1. The fourth-order valence-electron chi connectivity index (χ4n) is 2.74. The highest BCUT2D eigenvalue weighted by molar-refractivity contribution is 6.31. The smallest absolute Gasteiger partial charge is 0.269 e. The molecule has 1 amide bonds. The molecule has 4 N–H and O–H groups in total. The molecule has 26 heavy (non-hydrogen) atoms. The van der Waals surface area contributed by atoms with Crippen LogP contribution in [0.3, 0.4) is 0 Å². The fourth-order valence-corrected chi connectivity index (χ4v) is 2.92. The molecule has 4 aromatic rings. The summed E-state index contributed by atoms with van der Waals surface area (Å²) in [5, 5.41) is 20.8. The van der Waals surface area contributed by atoms with Gasteiger partial charge in [-0.2, -0.15) is 5.10 Å². The number of phenols is 1. The van der Waals surface area contributed by atoms with Gasteiger partial charge < -0.3 is 15.4 Å². The van der Waals surface area contributed by atoms with E-state index >= 15 is 0 Å². The summed E-state index contributed by atoms with van der Waals surface area (Å²) < 4.78 is 0. The third-order valence-corrected chi connectivity index (χ3v) is 4.30. The normalized spacial score (nSPS) is 11.0. The first-order valence-corrected chi connectivity index (χ1v) is 8.36. The van der Waals surface area contributed by atoms with E-state index in [4.69, 9.17) is 11.6 Å². The second kappa shape index (κ2) is 6.57. The SMILES string of the molecule is O=C(NCc1cc2ccc(Cl)cc2[nH]1)c1cc(-c2ccc(O)cc2)n[nH]1. The number of carbonyl (C=O) groups is 1. The lowest BCUT2D eigenvalue weighted by molar-refractivity contribution is 0.0945. The van der Waals surface area contributed by atoms with Crippen LogP contribution in [0.2, 0.25) is 5.02 Å². The van der Waals surface area contributed by atoms with Crippen LogP contribution in [0.25, 0.3) is 22.2 Å². The summed E-state index contributed by atoms with van der Waals surface area (Å²) in [5.74, 6) is -0.0684. The standard InChI is InChI=1S/C19H15ClN4O2/c20-13-4-1-12-7-14(22-16(12)8-13)10-21-19(26)18-9-17(23-24-18)11-2-5-15(25)6-3-11/h1-9,22,25H,10H2,(H,21,26)(H,23,24). The minimum atomic E-state index is -0.251. The van der Waals surface area contributed by atoms with Gasteiger partial charge >= 0.3 is 0 Å². The number of rotatable bonds is 4. The molecule has 7 heteroatoms. The molecular weight excluding hydrogens is 352 g/mol. The highest BCUT2D eigenvalue weighted by Gasteiger charge is 2.11. The summed E-state index contributed by atoms with van der Waals surface area (Å²) in [6.07, 6.45) is 0. The Hall–Kier alpha value is -3.25. The Morgan fingerprint density at radius 2 is 1.92 bits per heavy atom. The van der Waals surface area contributed by atoms with Crippen molar-refractivity contribution in [1.29, 1.82) is 0 Å². The van der Waals surface area contributed by atoms with Crippen molar-refractivity contribution in [2.75, 3.05) is 0 Å². The Labute approximate surface area is 153 Å². The van der Waals surface area contributed by atoms with E-state index in [0.717, 1.165) is 22.2 Å². The van der Waals surface area contributed by atoms with Crippen molar-refractivity contribution < 1.29 is 9.90 Å². The summed E-state index contributed by atoms with van der Waals surface area (Å²) in [7, 11) is 0. The number of nitrogens with zero attached hydrogens (tertiary/aromatic N) is 1. The van der Waals surface area contributed by atoms with Crippen molar-refractivity contribution in [1.82, 2.24) is 20.5 Å². The lowest BCUT2D eigenvalue weighted by Crippen LogP contribution is -2.23. The lowest BCUT2D eigenvalue weighted by Gasteiger charge is -2.01. The minimum absolute atomic E-state index is 0.182. The van der Waals surface area contributed by atoms with Gasteiger partial charge in [0.15, 0.2) is 0 Å². The molecule has 2 aromatic carbocycles. The molecule has 0 aliphatic heterocycles. The molecule has 0 saturated carbocycles. The number of phenolic OH excluding ortho intramolecular Hbond substituents is 1. The first-order chi connectivity index (χ1) is 12.6. The monoisotopic (exact) mass is 366 g/mol. The number of H-pyrrole nitrogens is 2. The van der Waals surface area contributed by atoms with E-state index < -0.39 is 0 Å². The molecule has 0 radical (unpaired) electrons. The van der Waals surface area contributed by atoms with Gasteiger partial charge in [-0.1, -0.05) is 17.7 Å². The van der Waals surface area contributed by atoms with Crippen LogP contribution >= 0.6 is 11.6 Å². The molecule has 0 atom stereocenters. The molecule has 0 aliphatic carbocycles. The number of fused-ring (bicyclic) bond motifs is 1. The summed E-state index contributed by atoms with van der Waals surface area (Å²) >= 11 is 5.98. The molecule has 0 aliphatic rings. The van der Waals surface area contributed by atoms with E-state index in [2.05, 4.69) is 20.5 Å². The maximum absolute atomic E-state index is 12.3. The Kier molecular flexibility index (Phi) is 4.10. The van der Waals surface area contributed by atoms with Crippen LogP contribution in [0.15, 0.2) is 54.6 Å². The second-order valence-electron chi connectivity index (χ2n) is 5.92. The van der Waals surface area contributed by atoms with Gasteiger partial charge in [0.1, 0.15) is 11.4 Å². The Balaban J connectivity index is 1.45. The minimum Gasteiger partial charge on any atom is -0.508 e. The quantitative estimate of drug-likeness (QED) is 0.442. The van der Waals surface area contributed by atoms with Crippen LogP contribution in [0, 0.1) is 0 Å². The van der Waals surface area contributed by atoms with E-state index in [1.165, 1.54) is 0 Å². The molecule has 0 fully saturated rings. The van der Waals surface area contributed by atoms with Gasteiger partial charge in [-0.05, 0) is 53.9 Å². The van der Waals surface area contributed by atoms with E-state index in [0.29, 0.717) is 23.0 Å². The van der Waals surface area contributed by atoms with E-state index in [1.807, 2.05) is 24.3 Å². The predicted molar refractivity (Wildman–Crippen MR) is 100 cm³/mol. The number of benzene rings is 2. The van der Waals surface area contributed by atoms with Crippen molar-refractivity contribution in [2.45, 2.75) is 6.54 Å². The van der Waals surface area contributed by atoms with Gasteiger partial charge in [0.2, 0.25) is 0 Å². The summed E-state index contributed by atoms with van der Waals surface area (Å²) in [6, 6.07) is 15.9. The second-order valence-corrected chi connectivity index (χ2v) is 6.36. The third kappa shape index (κ3) is 3.27. The number of hydrogen-bond donors (Lipinski definition) is 4. The van der Waals surface area contributed by atoms with Gasteiger partial charge in [-0.3, -0.25) is 9.89 Å². The Morgan fingerprint density at radius 3 is 2.73 bits per heavy atom. The number of halogens is 1. The van der Waals surface area contributed by atoms with Crippen molar-refractivity contribution >= 4 is 28.4 Å². The van der Waals surface area contributed by atoms with Crippen molar-refractivity contribution in [3.8, 4) is 17.0 Å². The van der Waals surface area contributed by atoms with E-state index in [9.17, 15) is 9.90 Å². The highest BCUT2D eigenvalue weighted by atomic mass is 35.5. The Bertz CT molecular complexity index is 1080.